The first kappa shape index (κ1) is 18.7. The van der Waals surface area contributed by atoms with Crippen LogP contribution in [0.15, 0.2) is 0 Å². The quantitative estimate of drug-likeness (QED) is 0.509. The van der Waals surface area contributed by atoms with Crippen LogP contribution >= 0.6 is 0 Å². The zero-order chi connectivity index (χ0) is 13.9. The number of rotatable bonds is 12. The summed E-state index contributed by atoms with van der Waals surface area (Å²) in [6.07, 6.45) is 7.67. The van der Waals surface area contributed by atoms with Crippen LogP contribution in [0.5, 0.6) is 0 Å². The van der Waals surface area contributed by atoms with Crippen molar-refractivity contribution in [3.63, 3.8) is 0 Å². The van der Waals surface area contributed by atoms with Crippen molar-refractivity contribution in [2.45, 2.75) is 76.5 Å². The predicted octanol–water partition coefficient (Wildman–Crippen LogP) is 4.19. The first-order chi connectivity index (χ1) is 8.70. The van der Waals surface area contributed by atoms with Crippen LogP contribution in [0.25, 0.3) is 0 Å². The second kappa shape index (κ2) is 11.5. The zero-order valence-corrected chi connectivity index (χ0v) is 15.6. The van der Waals surface area contributed by atoms with E-state index in [0.29, 0.717) is 0 Å². The zero-order valence-electron chi connectivity index (χ0n) is 12.7. The van der Waals surface area contributed by atoms with Crippen molar-refractivity contribution in [2.24, 2.45) is 0 Å². The molecule has 0 radical (unpaired) electrons. The molecule has 0 aromatic rings. The summed E-state index contributed by atoms with van der Waals surface area (Å²) in [7, 11) is 0. The summed E-state index contributed by atoms with van der Waals surface area (Å²) >= 11 is -2.34. The van der Waals surface area contributed by atoms with E-state index in [1.807, 2.05) is 0 Å². The van der Waals surface area contributed by atoms with Gasteiger partial charge in [0.15, 0.2) is 0 Å². The first-order valence-corrected chi connectivity index (χ1v) is 15.6. The van der Waals surface area contributed by atoms with Gasteiger partial charge in [-0.3, -0.25) is 0 Å². The Morgan fingerprint density at radius 2 is 1.06 bits per heavy atom. The van der Waals surface area contributed by atoms with Crippen molar-refractivity contribution in [1.29, 1.82) is 0 Å². The Kier molecular flexibility index (Phi) is 12.0. The van der Waals surface area contributed by atoms with E-state index in [1.54, 1.807) is 0 Å². The molecule has 0 saturated carbocycles. The van der Waals surface area contributed by atoms with Crippen molar-refractivity contribution in [2.75, 3.05) is 13.2 Å². The van der Waals surface area contributed by atoms with Crippen LogP contribution in [0, 0.1) is 0 Å². The van der Waals surface area contributed by atoms with Gasteiger partial charge in [0.1, 0.15) is 0 Å². The summed E-state index contributed by atoms with van der Waals surface area (Å²) in [4.78, 5) is 0. The molecule has 0 bridgehead atoms. The van der Waals surface area contributed by atoms with Crippen LogP contribution < -0.4 is 0 Å². The fourth-order valence-corrected chi connectivity index (χ4v) is 19.9. The van der Waals surface area contributed by atoms with E-state index < -0.39 is 18.4 Å². The maximum absolute atomic E-state index is 9.65. The number of aliphatic hydroxyl groups is 2. The van der Waals surface area contributed by atoms with Crippen LogP contribution in [0.1, 0.15) is 59.3 Å². The van der Waals surface area contributed by atoms with Gasteiger partial charge in [-0.05, 0) is 0 Å². The summed E-state index contributed by atoms with van der Waals surface area (Å²) in [6, 6.07) is 0. The molecule has 0 amide bonds. The fraction of sp³-hybridized carbons (Fsp3) is 1.00. The molecule has 0 rings (SSSR count). The van der Waals surface area contributed by atoms with Gasteiger partial charge in [0.05, 0.1) is 0 Å². The Hall–Kier alpha value is 0.719. The van der Waals surface area contributed by atoms with Crippen LogP contribution in [-0.2, 0) is 0 Å². The second-order valence-electron chi connectivity index (χ2n) is 5.74. The number of unbranched alkanes of at least 4 members (excludes halogenated alkanes) is 3. The van der Waals surface area contributed by atoms with Gasteiger partial charge in [-0.15, -0.1) is 0 Å². The van der Waals surface area contributed by atoms with E-state index in [2.05, 4.69) is 20.8 Å². The Morgan fingerprint density at radius 3 is 1.28 bits per heavy atom. The molecule has 0 aliphatic rings. The molecule has 0 heterocycles. The van der Waals surface area contributed by atoms with Crippen molar-refractivity contribution in [3.8, 4) is 0 Å². The van der Waals surface area contributed by atoms with Gasteiger partial charge in [-0.1, -0.05) is 0 Å². The van der Waals surface area contributed by atoms with Gasteiger partial charge in [-0.25, -0.2) is 0 Å². The molecule has 18 heavy (non-hydrogen) atoms. The number of hydrogen-bond donors (Lipinski definition) is 2. The molecular weight excluding hydrogens is 331 g/mol. The van der Waals surface area contributed by atoms with E-state index in [4.69, 9.17) is 0 Å². The van der Waals surface area contributed by atoms with Crippen LogP contribution in [0.4, 0.5) is 0 Å². The third kappa shape index (κ3) is 6.25. The van der Waals surface area contributed by atoms with Gasteiger partial charge in [-0.2, -0.15) is 0 Å². The van der Waals surface area contributed by atoms with E-state index in [1.165, 1.54) is 51.8 Å². The minimum atomic E-state index is -2.34. The van der Waals surface area contributed by atoms with E-state index >= 15 is 0 Å². The van der Waals surface area contributed by atoms with Crippen LogP contribution in [0.2, 0.25) is 17.2 Å². The average Bonchev–Trinajstić information content (AvgIpc) is 2.41. The van der Waals surface area contributed by atoms with Gasteiger partial charge in [0, 0.05) is 0 Å². The second-order valence-corrected chi connectivity index (χ2v) is 20.1. The summed E-state index contributed by atoms with van der Waals surface area (Å²) in [6.45, 7) is 7.21. The molecule has 2 N–H and O–H groups in total. The van der Waals surface area contributed by atoms with E-state index in [0.717, 1.165) is 0 Å². The SMILES string of the molecule is CCC[CH2][Sn]([CH2]CCC)([CH2]CCC)[CH](CO)CO. The summed E-state index contributed by atoms with van der Waals surface area (Å²) < 4.78 is 4.40. The third-order valence-corrected chi connectivity index (χ3v) is 21.9. The van der Waals surface area contributed by atoms with Gasteiger partial charge < -0.3 is 0 Å². The molecule has 0 aromatic carbocycles. The maximum atomic E-state index is 9.65. The molecule has 110 valence electrons. The molecule has 0 fully saturated rings. The standard InChI is InChI=1S/3C4H9.C3H7O2.Sn/c3*1-3-4-2;4-2-1-3-5;/h3*1,3-4H2,2H3;1,4-5H,2-3H2;. The topological polar surface area (TPSA) is 40.5 Å². The van der Waals surface area contributed by atoms with Crippen molar-refractivity contribution in [3.05, 3.63) is 0 Å². The molecular formula is C15H34O2Sn. The predicted molar refractivity (Wildman–Crippen MR) is 82.8 cm³/mol. The Morgan fingerprint density at radius 1 is 0.722 bits per heavy atom. The molecule has 0 aliphatic carbocycles. The minimum absolute atomic E-state index is 0.226. The fourth-order valence-electron chi connectivity index (χ4n) is 3.02. The first-order valence-electron chi connectivity index (χ1n) is 7.92. The van der Waals surface area contributed by atoms with Crippen molar-refractivity contribution in [1.82, 2.24) is 0 Å². The van der Waals surface area contributed by atoms with E-state index in [9.17, 15) is 10.2 Å². The van der Waals surface area contributed by atoms with Gasteiger partial charge >= 0.3 is 118 Å². The molecule has 0 spiro atoms. The third-order valence-electron chi connectivity index (χ3n) is 4.39. The van der Waals surface area contributed by atoms with Crippen LogP contribution in [-0.4, -0.2) is 41.8 Å². The number of hydrogen-bond acceptors (Lipinski definition) is 2. The molecule has 0 atom stereocenters. The van der Waals surface area contributed by atoms with Crippen molar-refractivity contribution >= 4 is 18.4 Å². The normalized spacial score (nSPS) is 12.3. The molecule has 0 saturated heterocycles. The number of aliphatic hydroxyl groups excluding tert-OH is 2. The molecule has 0 unspecified atom stereocenters. The summed E-state index contributed by atoms with van der Waals surface area (Å²) in [5.41, 5.74) is 0. The molecule has 0 aliphatic heterocycles. The Bertz CT molecular complexity index is 160. The Balaban J connectivity index is 4.82. The molecule has 2 nitrogen and oxygen atoms in total. The summed E-state index contributed by atoms with van der Waals surface area (Å²) in [5, 5.41) is 19.3. The van der Waals surface area contributed by atoms with E-state index in [-0.39, 0.29) is 17.1 Å². The van der Waals surface area contributed by atoms with Crippen LogP contribution in [0.3, 0.4) is 0 Å². The van der Waals surface area contributed by atoms with Gasteiger partial charge in [0.2, 0.25) is 0 Å². The molecule has 3 heteroatoms. The van der Waals surface area contributed by atoms with Crippen molar-refractivity contribution < 1.29 is 10.2 Å². The Labute approximate surface area is 118 Å². The van der Waals surface area contributed by atoms with Gasteiger partial charge in [0.25, 0.3) is 0 Å². The average molecular weight is 365 g/mol. The summed E-state index contributed by atoms with van der Waals surface area (Å²) in [5.74, 6) is 0. The molecule has 0 aromatic heterocycles. The monoisotopic (exact) mass is 366 g/mol.